The minimum Gasteiger partial charge on any atom is -0.503 e. The molecule has 0 unspecified atom stereocenters. The van der Waals surface area contributed by atoms with Crippen LogP contribution < -0.4 is 21.5 Å². The number of carbonyl (C=O) groups is 2. The SMILES string of the molecule is CNC(=O)c1nn(-c2ccccc2Sc2cc(C)cc(Cl)c2)cc(O)c1=O.Cn1cc(CNC(=O)c2nn(CC3(c4cccc(C(F)(F)F)c4)CCCC3)cc(O)c2=O)cn1. The van der Waals surface area contributed by atoms with Crippen molar-refractivity contribution in [2.75, 3.05) is 7.05 Å². The number of amides is 2. The highest BCUT2D eigenvalue weighted by atomic mass is 35.5. The van der Waals surface area contributed by atoms with Crippen molar-refractivity contribution in [1.29, 1.82) is 0 Å². The Bertz CT molecular complexity index is 2690. The number of hydrogen-bond acceptors (Lipinski definition) is 10. The van der Waals surface area contributed by atoms with Gasteiger partial charge in [-0.05, 0) is 67.3 Å². The molecule has 2 amide bonds. The summed E-state index contributed by atoms with van der Waals surface area (Å²) in [5, 5.41) is 38.0. The van der Waals surface area contributed by atoms with E-state index >= 15 is 0 Å². The van der Waals surface area contributed by atoms with Gasteiger partial charge >= 0.3 is 6.18 Å². The maximum absolute atomic E-state index is 13.3. The van der Waals surface area contributed by atoms with Gasteiger partial charge in [-0.25, -0.2) is 4.68 Å². The largest absolute Gasteiger partial charge is 0.503 e. The third-order valence-electron chi connectivity index (χ3n) is 9.90. The normalized spacial score (nSPS) is 13.3. The zero-order valence-electron chi connectivity index (χ0n) is 33.0. The molecule has 1 saturated carbocycles. The molecule has 0 radical (unpaired) electrons. The molecule has 3 aromatic heterocycles. The molecule has 0 atom stereocenters. The Labute approximate surface area is 356 Å². The van der Waals surface area contributed by atoms with Gasteiger partial charge in [0.05, 0.1) is 36.4 Å². The number of alkyl halides is 3. The number of aryl methyl sites for hydroxylation is 2. The van der Waals surface area contributed by atoms with E-state index in [2.05, 4.69) is 25.9 Å². The zero-order valence-corrected chi connectivity index (χ0v) is 34.6. The lowest BCUT2D eigenvalue weighted by Crippen LogP contribution is -2.34. The second-order valence-electron chi connectivity index (χ2n) is 14.4. The maximum Gasteiger partial charge on any atom is 0.416 e. The van der Waals surface area contributed by atoms with Crippen LogP contribution >= 0.6 is 23.4 Å². The van der Waals surface area contributed by atoms with Crippen LogP contribution in [0.25, 0.3) is 5.69 Å². The first-order valence-electron chi connectivity index (χ1n) is 18.8. The molecule has 14 nitrogen and oxygen atoms in total. The number of nitrogens with one attached hydrogen (secondary N) is 2. The van der Waals surface area contributed by atoms with Gasteiger partial charge in [-0.2, -0.15) is 28.5 Å². The van der Waals surface area contributed by atoms with Crippen LogP contribution in [-0.2, 0) is 31.7 Å². The minimum absolute atomic E-state index is 0.109. The summed E-state index contributed by atoms with van der Waals surface area (Å²) in [6.07, 6.45) is 3.98. The van der Waals surface area contributed by atoms with Gasteiger partial charge in [-0.15, -0.1) is 0 Å². The van der Waals surface area contributed by atoms with Gasteiger partial charge in [0.1, 0.15) is 0 Å². The Morgan fingerprint density at radius 2 is 1.59 bits per heavy atom. The fourth-order valence-electron chi connectivity index (χ4n) is 7.00. The molecule has 3 aromatic carbocycles. The number of carbonyl (C=O) groups excluding carboxylic acids is 2. The molecule has 4 N–H and O–H groups in total. The van der Waals surface area contributed by atoms with Crippen molar-refractivity contribution in [1.82, 2.24) is 40.0 Å². The van der Waals surface area contributed by atoms with Crippen LogP contribution in [0.3, 0.4) is 0 Å². The Balaban J connectivity index is 0.000000210. The zero-order chi connectivity index (χ0) is 44.1. The molecule has 6 aromatic rings. The summed E-state index contributed by atoms with van der Waals surface area (Å²) in [5.74, 6) is -2.64. The minimum atomic E-state index is -4.47. The van der Waals surface area contributed by atoms with Gasteiger partial charge in [0, 0.05) is 52.6 Å². The van der Waals surface area contributed by atoms with E-state index in [1.54, 1.807) is 42.3 Å². The van der Waals surface area contributed by atoms with Crippen LogP contribution in [0.2, 0.25) is 5.02 Å². The average Bonchev–Trinajstić information content (AvgIpc) is 3.88. The smallest absolute Gasteiger partial charge is 0.416 e. The van der Waals surface area contributed by atoms with E-state index in [0.717, 1.165) is 46.5 Å². The first-order chi connectivity index (χ1) is 29.0. The molecule has 1 aliphatic rings. The molecule has 3 heterocycles. The van der Waals surface area contributed by atoms with Crippen molar-refractivity contribution < 1.29 is 33.0 Å². The molecular formula is C42H40ClF3N8O6S. The lowest BCUT2D eigenvalue weighted by Gasteiger charge is -2.31. The number of nitrogens with zero attached hydrogens (tertiary/aromatic N) is 6. The first-order valence-corrected chi connectivity index (χ1v) is 20.0. The summed E-state index contributed by atoms with van der Waals surface area (Å²) in [6.45, 7) is 2.18. The Kier molecular flexibility index (Phi) is 13.4. The highest BCUT2D eigenvalue weighted by Crippen LogP contribution is 2.44. The summed E-state index contributed by atoms with van der Waals surface area (Å²) in [4.78, 5) is 50.7. The molecule has 1 fully saturated rings. The number of aromatic nitrogens is 6. The van der Waals surface area contributed by atoms with E-state index < -0.39 is 57.0 Å². The van der Waals surface area contributed by atoms with Crippen molar-refractivity contribution in [3.05, 3.63) is 151 Å². The Morgan fingerprint density at radius 3 is 2.25 bits per heavy atom. The van der Waals surface area contributed by atoms with Crippen LogP contribution in [0, 0.1) is 6.92 Å². The first kappa shape index (κ1) is 44.2. The van der Waals surface area contributed by atoms with Gasteiger partial charge in [0.2, 0.25) is 0 Å². The second-order valence-corrected chi connectivity index (χ2v) is 16.0. The quantitative estimate of drug-likeness (QED) is 0.118. The summed E-state index contributed by atoms with van der Waals surface area (Å²) in [6, 6.07) is 18.3. The summed E-state index contributed by atoms with van der Waals surface area (Å²) in [7, 11) is 3.12. The van der Waals surface area contributed by atoms with Crippen molar-refractivity contribution in [3.63, 3.8) is 0 Å². The third kappa shape index (κ3) is 10.5. The highest BCUT2D eigenvalue weighted by Gasteiger charge is 2.39. The van der Waals surface area contributed by atoms with Gasteiger partial charge in [0.25, 0.3) is 22.7 Å². The number of benzene rings is 3. The molecule has 1 aliphatic carbocycles. The molecule has 0 saturated heterocycles. The third-order valence-corrected chi connectivity index (χ3v) is 11.2. The van der Waals surface area contributed by atoms with Crippen molar-refractivity contribution >= 4 is 35.2 Å². The lowest BCUT2D eigenvalue weighted by molar-refractivity contribution is -0.137. The highest BCUT2D eigenvalue weighted by molar-refractivity contribution is 7.99. The molecule has 0 bridgehead atoms. The predicted molar refractivity (Wildman–Crippen MR) is 221 cm³/mol. The second kappa shape index (κ2) is 18.5. The number of hydrogen-bond donors (Lipinski definition) is 4. The summed E-state index contributed by atoms with van der Waals surface area (Å²) >= 11 is 7.60. The van der Waals surface area contributed by atoms with Gasteiger partial charge < -0.3 is 20.8 Å². The summed E-state index contributed by atoms with van der Waals surface area (Å²) < 4.78 is 44.1. The molecular weight excluding hydrogens is 837 g/mol. The molecule has 61 heavy (non-hydrogen) atoms. The number of halogens is 4. The van der Waals surface area contributed by atoms with E-state index in [1.165, 1.54) is 40.4 Å². The number of aromatic hydroxyl groups is 2. The van der Waals surface area contributed by atoms with E-state index in [9.17, 15) is 42.6 Å². The van der Waals surface area contributed by atoms with Crippen LogP contribution in [0.1, 0.15) is 68.9 Å². The topological polar surface area (TPSA) is 186 Å². The van der Waals surface area contributed by atoms with Crippen molar-refractivity contribution in [3.8, 4) is 17.2 Å². The maximum atomic E-state index is 13.3. The monoisotopic (exact) mass is 876 g/mol. The lowest BCUT2D eigenvalue weighted by atomic mass is 9.78. The van der Waals surface area contributed by atoms with Crippen LogP contribution in [0.15, 0.2) is 111 Å². The number of para-hydroxylation sites is 1. The Morgan fingerprint density at radius 1 is 0.902 bits per heavy atom. The van der Waals surface area contributed by atoms with E-state index in [4.69, 9.17) is 11.6 Å². The summed E-state index contributed by atoms with van der Waals surface area (Å²) in [5.41, 5.74) is -1.13. The molecule has 0 spiro atoms. The van der Waals surface area contributed by atoms with E-state index in [1.807, 2.05) is 37.3 Å². The fraction of sp³-hybridized carbons (Fsp3) is 0.262. The van der Waals surface area contributed by atoms with Crippen molar-refractivity contribution in [2.45, 2.75) is 67.1 Å². The van der Waals surface area contributed by atoms with Crippen molar-refractivity contribution in [2.24, 2.45) is 7.05 Å². The van der Waals surface area contributed by atoms with Gasteiger partial charge in [-0.3, -0.25) is 28.5 Å². The molecule has 318 valence electrons. The standard InChI is InChI=1S/C23H24F3N5O3.C19H16ClN3O3S/c1-30-12-15(11-28-30)10-27-21(34)19-20(33)18(32)13-31(29-19)14-22(7-2-3-8-22)16-5-4-6-17(9-16)23(24,25)26;1-11-7-12(20)9-13(8-11)27-16-6-4-3-5-14(16)23-10-15(24)18(25)17(22-23)19(26)21-2/h4-6,9,11-13,32H,2-3,7-8,10,14H2,1H3,(H,27,34);3-10,24H,1-2H3,(H,21,26). The number of rotatable bonds is 10. The molecule has 7 rings (SSSR count). The van der Waals surface area contributed by atoms with E-state index in [-0.39, 0.29) is 18.8 Å². The molecule has 0 aliphatic heterocycles. The van der Waals surface area contributed by atoms with Gasteiger partial charge in [0.15, 0.2) is 22.9 Å². The fourth-order valence-corrected chi connectivity index (χ4v) is 8.45. The van der Waals surface area contributed by atoms with Crippen LogP contribution in [-0.4, -0.2) is 58.4 Å². The van der Waals surface area contributed by atoms with Gasteiger partial charge in [-0.1, -0.05) is 66.5 Å². The van der Waals surface area contributed by atoms with Crippen LogP contribution in [0.4, 0.5) is 13.2 Å². The average molecular weight is 877 g/mol. The van der Waals surface area contributed by atoms with Crippen LogP contribution in [0.5, 0.6) is 11.5 Å². The van der Waals surface area contributed by atoms with E-state index in [0.29, 0.717) is 34.7 Å². The molecule has 19 heteroatoms. The Hall–Kier alpha value is -6.40. The predicted octanol–water partition coefficient (Wildman–Crippen LogP) is 6.55.